The van der Waals surface area contributed by atoms with Gasteiger partial charge in [0.2, 0.25) is 0 Å². The number of carbonyl (C=O) groups excluding carboxylic acids is 1. The van der Waals surface area contributed by atoms with Crippen LogP contribution in [0, 0.1) is 0 Å². The van der Waals surface area contributed by atoms with Crippen molar-refractivity contribution in [3.8, 4) is 5.75 Å². The lowest BCUT2D eigenvalue weighted by Gasteiger charge is -2.30. The highest BCUT2D eigenvalue weighted by Gasteiger charge is 2.30. The molecule has 0 saturated carbocycles. The van der Waals surface area contributed by atoms with Gasteiger partial charge in [0, 0.05) is 5.69 Å². The van der Waals surface area contributed by atoms with E-state index in [4.69, 9.17) is 9.15 Å². The zero-order valence-corrected chi connectivity index (χ0v) is 14.8. The average molecular weight is 385 g/mol. The van der Waals surface area contributed by atoms with Gasteiger partial charge in [0.25, 0.3) is 15.9 Å². The van der Waals surface area contributed by atoms with E-state index in [0.29, 0.717) is 17.1 Å². The first-order valence-corrected chi connectivity index (χ1v) is 9.55. The number of para-hydroxylation sites is 2. The molecule has 1 N–H and O–H groups in total. The normalized spacial score (nSPS) is 13.6. The van der Waals surface area contributed by atoms with Gasteiger partial charge in [0.15, 0.2) is 0 Å². The van der Waals surface area contributed by atoms with Gasteiger partial charge in [-0.25, -0.2) is 13.4 Å². The molecule has 0 fully saturated rings. The minimum atomic E-state index is -3.82. The topological polar surface area (TPSA) is 102 Å². The molecule has 0 atom stereocenters. The van der Waals surface area contributed by atoms with Gasteiger partial charge in [0.1, 0.15) is 18.6 Å². The molecule has 0 spiro atoms. The molecule has 0 saturated heterocycles. The number of aromatic nitrogens is 1. The van der Waals surface area contributed by atoms with E-state index in [9.17, 15) is 13.2 Å². The molecule has 138 valence electrons. The molecular formula is C18H15N3O5S. The highest BCUT2D eigenvalue weighted by atomic mass is 32.2. The van der Waals surface area contributed by atoms with Crippen molar-refractivity contribution < 1.29 is 22.4 Å². The van der Waals surface area contributed by atoms with Crippen LogP contribution in [0.25, 0.3) is 0 Å². The summed E-state index contributed by atoms with van der Waals surface area (Å²) in [6.07, 6.45) is 2.64. The second-order valence-corrected chi connectivity index (χ2v) is 7.57. The zero-order valence-electron chi connectivity index (χ0n) is 14.0. The first-order chi connectivity index (χ1) is 13.1. The second-order valence-electron chi connectivity index (χ2n) is 5.71. The van der Waals surface area contributed by atoms with E-state index >= 15 is 0 Å². The monoisotopic (exact) mass is 385 g/mol. The summed E-state index contributed by atoms with van der Waals surface area (Å²) in [5.41, 5.74) is 0.804. The summed E-state index contributed by atoms with van der Waals surface area (Å²) in [5, 5.41) is 2.58. The van der Waals surface area contributed by atoms with Gasteiger partial charge in [-0.15, -0.1) is 0 Å². The Hall–Kier alpha value is -3.33. The molecule has 9 heteroatoms. The van der Waals surface area contributed by atoms with Gasteiger partial charge >= 0.3 is 5.91 Å². The first-order valence-electron chi connectivity index (χ1n) is 8.11. The maximum absolute atomic E-state index is 13.1. The van der Waals surface area contributed by atoms with Crippen LogP contribution in [0.3, 0.4) is 0 Å². The smallest absolute Gasteiger partial charge is 0.311 e. The summed E-state index contributed by atoms with van der Waals surface area (Å²) in [4.78, 5) is 15.9. The molecule has 0 unspecified atom stereocenters. The van der Waals surface area contributed by atoms with Gasteiger partial charge in [-0.05, 0) is 30.3 Å². The summed E-state index contributed by atoms with van der Waals surface area (Å²) in [7, 11) is -3.82. The van der Waals surface area contributed by atoms with Crippen LogP contribution in [0.2, 0.25) is 0 Å². The van der Waals surface area contributed by atoms with Gasteiger partial charge in [0.05, 0.1) is 23.3 Å². The van der Waals surface area contributed by atoms with E-state index in [2.05, 4.69) is 10.3 Å². The number of carbonyl (C=O) groups is 1. The standard InChI is InChI=1S/C18H15N3O5S/c22-17(18-19-8-10-26-18)20-13-4-3-5-14(12-13)27(23,24)21-9-11-25-16-7-2-1-6-15(16)21/h1-8,10,12H,9,11H2,(H,20,22). The van der Waals surface area contributed by atoms with Crippen LogP contribution in [0.1, 0.15) is 10.7 Å². The lowest BCUT2D eigenvalue weighted by molar-refractivity contribution is 0.0990. The van der Waals surface area contributed by atoms with Gasteiger partial charge in [-0.1, -0.05) is 18.2 Å². The molecule has 1 amide bonds. The fourth-order valence-corrected chi connectivity index (χ4v) is 4.28. The fraction of sp³-hybridized carbons (Fsp3) is 0.111. The minimum absolute atomic E-state index is 0.0596. The Morgan fingerprint density at radius 1 is 1.15 bits per heavy atom. The SMILES string of the molecule is O=C(Nc1cccc(S(=O)(=O)N2CCOc3ccccc32)c1)c1ncco1. The number of hydrogen-bond acceptors (Lipinski definition) is 6. The Balaban J connectivity index is 1.64. The molecule has 0 aliphatic carbocycles. The highest BCUT2D eigenvalue weighted by Crippen LogP contribution is 2.35. The average Bonchev–Trinajstić information content (AvgIpc) is 3.23. The van der Waals surface area contributed by atoms with Crippen LogP contribution < -0.4 is 14.4 Å². The lowest BCUT2D eigenvalue weighted by Crippen LogP contribution is -2.37. The van der Waals surface area contributed by atoms with Crippen molar-refractivity contribution in [2.75, 3.05) is 22.8 Å². The molecule has 1 aromatic heterocycles. The number of oxazole rings is 1. The Bertz CT molecular complexity index is 1080. The quantitative estimate of drug-likeness (QED) is 0.740. The number of nitrogens with zero attached hydrogens (tertiary/aromatic N) is 2. The Kier molecular flexibility index (Phi) is 4.28. The molecule has 1 aliphatic rings. The van der Waals surface area contributed by atoms with Crippen LogP contribution in [-0.2, 0) is 10.0 Å². The number of hydrogen-bond donors (Lipinski definition) is 1. The summed E-state index contributed by atoms with van der Waals surface area (Å²) < 4.78 is 38.1. The molecule has 2 heterocycles. The minimum Gasteiger partial charge on any atom is -0.489 e. The largest absolute Gasteiger partial charge is 0.489 e. The third kappa shape index (κ3) is 3.24. The number of sulfonamides is 1. The van der Waals surface area contributed by atoms with Crippen molar-refractivity contribution in [1.82, 2.24) is 4.98 Å². The molecular weight excluding hydrogens is 370 g/mol. The van der Waals surface area contributed by atoms with Crippen molar-refractivity contribution >= 4 is 27.3 Å². The number of benzene rings is 2. The van der Waals surface area contributed by atoms with Crippen molar-refractivity contribution in [2.24, 2.45) is 0 Å². The van der Waals surface area contributed by atoms with E-state index < -0.39 is 15.9 Å². The third-order valence-corrected chi connectivity index (χ3v) is 5.80. The van der Waals surface area contributed by atoms with Crippen molar-refractivity contribution in [2.45, 2.75) is 4.90 Å². The molecule has 4 rings (SSSR count). The molecule has 2 aromatic carbocycles. The van der Waals surface area contributed by atoms with E-state index in [1.807, 2.05) is 0 Å². The Labute approximate surface area is 155 Å². The highest BCUT2D eigenvalue weighted by molar-refractivity contribution is 7.92. The van der Waals surface area contributed by atoms with E-state index in [-0.39, 0.29) is 23.9 Å². The fourth-order valence-electron chi connectivity index (χ4n) is 2.78. The van der Waals surface area contributed by atoms with Crippen LogP contribution in [0.15, 0.2) is 70.3 Å². The summed E-state index contributed by atoms with van der Waals surface area (Å²) in [6.45, 7) is 0.461. The van der Waals surface area contributed by atoms with E-state index in [1.165, 1.54) is 28.9 Å². The van der Waals surface area contributed by atoms with Gasteiger partial charge in [-0.3, -0.25) is 9.10 Å². The van der Waals surface area contributed by atoms with E-state index in [1.54, 1.807) is 36.4 Å². The maximum Gasteiger partial charge on any atom is 0.311 e. The number of rotatable bonds is 4. The predicted octanol–water partition coefficient (Wildman–Crippen LogP) is 2.51. The molecule has 3 aromatic rings. The van der Waals surface area contributed by atoms with Crippen molar-refractivity contribution in [1.29, 1.82) is 0 Å². The second kappa shape index (κ2) is 6.76. The zero-order chi connectivity index (χ0) is 18.9. The molecule has 0 bridgehead atoms. The number of ether oxygens (including phenoxy) is 1. The number of nitrogens with one attached hydrogen (secondary N) is 1. The predicted molar refractivity (Wildman–Crippen MR) is 97.4 cm³/mol. The third-order valence-electron chi connectivity index (χ3n) is 3.99. The van der Waals surface area contributed by atoms with Crippen LogP contribution in [-0.4, -0.2) is 32.5 Å². The Morgan fingerprint density at radius 2 is 2.00 bits per heavy atom. The number of amides is 1. The molecule has 0 radical (unpaired) electrons. The molecule has 8 nitrogen and oxygen atoms in total. The maximum atomic E-state index is 13.1. The lowest BCUT2D eigenvalue weighted by atomic mass is 10.2. The van der Waals surface area contributed by atoms with Crippen molar-refractivity contribution in [3.05, 3.63) is 66.9 Å². The summed E-state index contributed by atoms with van der Waals surface area (Å²) >= 11 is 0. The van der Waals surface area contributed by atoms with Crippen LogP contribution >= 0.6 is 0 Å². The Morgan fingerprint density at radius 3 is 2.81 bits per heavy atom. The summed E-state index contributed by atoms with van der Waals surface area (Å²) in [6, 6.07) is 13.0. The molecule has 27 heavy (non-hydrogen) atoms. The van der Waals surface area contributed by atoms with Gasteiger partial charge < -0.3 is 14.5 Å². The van der Waals surface area contributed by atoms with Gasteiger partial charge in [-0.2, -0.15) is 0 Å². The first kappa shape index (κ1) is 17.1. The van der Waals surface area contributed by atoms with Crippen LogP contribution in [0.5, 0.6) is 5.75 Å². The van der Waals surface area contributed by atoms with Crippen molar-refractivity contribution in [3.63, 3.8) is 0 Å². The molecule has 1 aliphatic heterocycles. The van der Waals surface area contributed by atoms with Crippen LogP contribution in [0.4, 0.5) is 11.4 Å². The number of fused-ring (bicyclic) bond motifs is 1. The summed E-state index contributed by atoms with van der Waals surface area (Å²) in [5.74, 6) is -0.155. The van der Waals surface area contributed by atoms with E-state index in [0.717, 1.165) is 0 Å². The number of anilines is 2.